The lowest BCUT2D eigenvalue weighted by Crippen LogP contribution is -2.46. The Morgan fingerprint density at radius 2 is 1.95 bits per heavy atom. The third kappa shape index (κ3) is 6.80. The number of piperidine rings is 1. The third-order valence-electron chi connectivity index (χ3n) is 7.30. The molecular weight excluding hydrogens is 629 g/mol. The van der Waals surface area contributed by atoms with Gasteiger partial charge in [0.25, 0.3) is 0 Å². The highest BCUT2D eigenvalue weighted by Gasteiger charge is 2.48. The zero-order valence-corrected chi connectivity index (χ0v) is 25.6. The number of ether oxygens (including phenoxy) is 1. The van der Waals surface area contributed by atoms with Crippen LogP contribution in [0.4, 0.5) is 43.4 Å². The van der Waals surface area contributed by atoms with E-state index in [4.69, 9.17) is 0 Å². The summed E-state index contributed by atoms with van der Waals surface area (Å²) in [6.07, 6.45) is -10.5. The van der Waals surface area contributed by atoms with Gasteiger partial charge in [0, 0.05) is 18.4 Å². The molecule has 2 aliphatic rings. The Labute approximate surface area is 253 Å². The van der Waals surface area contributed by atoms with E-state index >= 15 is 0 Å². The molecular formula is C29H29F6N4O3PS. The van der Waals surface area contributed by atoms with Gasteiger partial charge in [-0.3, -0.25) is 4.79 Å². The second-order valence-electron chi connectivity index (χ2n) is 11.1. The van der Waals surface area contributed by atoms with Gasteiger partial charge in [-0.15, -0.1) is 11.3 Å². The molecule has 2 aromatic carbocycles. The smallest absolute Gasteiger partial charge is 0.421 e. The van der Waals surface area contributed by atoms with Crippen LogP contribution in [-0.4, -0.2) is 75.3 Å². The van der Waals surface area contributed by atoms with E-state index in [9.17, 15) is 35.7 Å². The lowest BCUT2D eigenvalue weighted by molar-refractivity contribution is -0.189. The van der Waals surface area contributed by atoms with E-state index in [-0.39, 0.29) is 40.2 Å². The summed E-state index contributed by atoms with van der Waals surface area (Å²) in [5, 5.41) is 8.55. The van der Waals surface area contributed by atoms with Crippen molar-refractivity contribution in [2.45, 2.75) is 37.3 Å². The summed E-state index contributed by atoms with van der Waals surface area (Å²) in [5.41, 5.74) is 0.380. The number of fused-ring (bicyclic) bond motifs is 2. The Morgan fingerprint density at radius 3 is 2.64 bits per heavy atom. The molecule has 3 heterocycles. The van der Waals surface area contributed by atoms with E-state index in [1.54, 1.807) is 18.2 Å². The molecule has 0 aliphatic carbocycles. The normalized spacial score (nSPS) is 20.2. The number of alkyl halides is 6. The molecule has 1 aromatic heterocycles. The highest BCUT2D eigenvalue weighted by Crippen LogP contribution is 2.47. The van der Waals surface area contributed by atoms with Crippen molar-refractivity contribution >= 4 is 56.8 Å². The average Bonchev–Trinajstić information content (AvgIpc) is 3.24. The standard InChI is InChI=1S/C29H29F6N4O3PS/c1-39-13-11-19(18(30)15-39)37-21-7-4-6-16-17(14-28(31,32)33)23(44-26(16)21)8-5-12-36-20-9-10-22(43(2,3)41)24-25(20)42-29(34,35)27(40)38-24/h4,6-7,9-10,18-19,36-37H,11-15H2,1-3H3,(H,38,40)/t18-,19+/m0/s1. The van der Waals surface area contributed by atoms with Gasteiger partial charge in [-0.05, 0) is 55.9 Å². The summed E-state index contributed by atoms with van der Waals surface area (Å²) in [4.78, 5) is 13.9. The first kappa shape index (κ1) is 32.0. The maximum Gasteiger partial charge on any atom is 0.482 e. The number of benzene rings is 2. The molecule has 2 aliphatic heterocycles. The van der Waals surface area contributed by atoms with Crippen LogP contribution in [0.2, 0.25) is 0 Å². The molecule has 0 unspecified atom stereocenters. The highest BCUT2D eigenvalue weighted by atomic mass is 32.1. The van der Waals surface area contributed by atoms with E-state index in [2.05, 4.69) is 32.5 Å². The van der Waals surface area contributed by atoms with Crippen LogP contribution < -0.4 is 26.0 Å². The number of amides is 1. The number of likely N-dealkylation sites (tertiary alicyclic amines) is 1. The molecule has 3 N–H and O–H groups in total. The van der Waals surface area contributed by atoms with E-state index in [0.29, 0.717) is 28.7 Å². The number of hydrogen-bond donors (Lipinski definition) is 3. The van der Waals surface area contributed by atoms with Gasteiger partial charge in [0.15, 0.2) is 5.75 Å². The van der Waals surface area contributed by atoms with Crippen LogP contribution in [0.5, 0.6) is 5.75 Å². The average molecular weight is 659 g/mol. The Balaban J connectivity index is 1.44. The molecule has 1 amide bonds. The predicted octanol–water partition coefficient (Wildman–Crippen LogP) is 6.10. The molecule has 1 fully saturated rings. The van der Waals surface area contributed by atoms with E-state index < -0.39 is 49.7 Å². The quantitative estimate of drug-likeness (QED) is 0.169. The lowest BCUT2D eigenvalue weighted by Gasteiger charge is -2.33. The van der Waals surface area contributed by atoms with Crippen LogP contribution in [0.15, 0.2) is 30.3 Å². The molecule has 0 radical (unpaired) electrons. The first-order valence-corrected chi connectivity index (χ1v) is 17.0. The first-order valence-electron chi connectivity index (χ1n) is 13.6. The molecule has 1 saturated heterocycles. The number of anilines is 3. The number of nitrogens with one attached hydrogen (secondary N) is 3. The molecule has 236 valence electrons. The van der Waals surface area contributed by atoms with E-state index in [1.807, 2.05) is 11.9 Å². The number of nitrogens with zero attached hydrogens (tertiary/aromatic N) is 1. The summed E-state index contributed by atoms with van der Waals surface area (Å²) in [6.45, 7) is 3.56. The largest absolute Gasteiger partial charge is 0.482 e. The molecule has 15 heteroatoms. The molecule has 2 atom stereocenters. The summed E-state index contributed by atoms with van der Waals surface area (Å²) in [7, 11) is -1.19. The summed E-state index contributed by atoms with van der Waals surface area (Å²) < 4.78 is 102. The summed E-state index contributed by atoms with van der Waals surface area (Å²) in [5.74, 6) is 3.39. The van der Waals surface area contributed by atoms with Crippen molar-refractivity contribution < 1.29 is 40.4 Å². The first-order chi connectivity index (χ1) is 20.5. The maximum atomic E-state index is 14.7. The molecule has 44 heavy (non-hydrogen) atoms. The topological polar surface area (TPSA) is 82.7 Å². The van der Waals surface area contributed by atoms with Crippen molar-refractivity contribution in [1.29, 1.82) is 0 Å². The Hall–Kier alpha value is -3.40. The zero-order chi connectivity index (χ0) is 32.0. The minimum Gasteiger partial charge on any atom is -0.421 e. The van der Waals surface area contributed by atoms with Crippen LogP contribution in [0.3, 0.4) is 0 Å². The molecule has 5 rings (SSSR count). The molecule has 0 spiro atoms. The van der Waals surface area contributed by atoms with E-state index in [1.165, 1.54) is 25.5 Å². The second-order valence-corrected chi connectivity index (χ2v) is 15.3. The second kappa shape index (κ2) is 11.8. The minimum absolute atomic E-state index is 0.0112. The van der Waals surface area contributed by atoms with Gasteiger partial charge in [0.2, 0.25) is 0 Å². The zero-order valence-electron chi connectivity index (χ0n) is 23.9. The van der Waals surface area contributed by atoms with E-state index in [0.717, 1.165) is 11.3 Å². The summed E-state index contributed by atoms with van der Waals surface area (Å²) >= 11 is 1.06. The van der Waals surface area contributed by atoms with Crippen molar-refractivity contribution in [3.63, 3.8) is 0 Å². The van der Waals surface area contributed by atoms with Crippen molar-refractivity contribution in [2.75, 3.05) is 56.0 Å². The fourth-order valence-corrected chi connectivity index (χ4v) is 7.49. The number of halogens is 6. The number of rotatable bonds is 6. The van der Waals surface area contributed by atoms with Gasteiger partial charge >= 0.3 is 18.2 Å². The third-order valence-corrected chi connectivity index (χ3v) is 10.0. The van der Waals surface area contributed by atoms with Gasteiger partial charge < -0.3 is 30.2 Å². The highest BCUT2D eigenvalue weighted by molar-refractivity contribution is 7.70. The van der Waals surface area contributed by atoms with Gasteiger partial charge in [-0.25, -0.2) is 4.39 Å². The van der Waals surface area contributed by atoms with Crippen molar-refractivity contribution in [3.05, 3.63) is 40.8 Å². The lowest BCUT2D eigenvalue weighted by atomic mass is 10.0. The molecule has 3 aromatic rings. The fraction of sp³-hybridized carbons (Fsp3) is 0.414. The Bertz CT molecular complexity index is 1710. The van der Waals surface area contributed by atoms with Crippen molar-refractivity contribution in [1.82, 2.24) is 4.90 Å². The number of hydrogen-bond acceptors (Lipinski definition) is 7. The van der Waals surface area contributed by atoms with Crippen LogP contribution in [0.1, 0.15) is 16.9 Å². The van der Waals surface area contributed by atoms with Crippen LogP contribution in [0, 0.1) is 11.8 Å². The van der Waals surface area contributed by atoms with Crippen molar-refractivity contribution in [3.8, 4) is 17.6 Å². The number of carbonyl (C=O) groups is 1. The van der Waals surface area contributed by atoms with Gasteiger partial charge in [0.1, 0.15) is 13.3 Å². The molecule has 0 bridgehead atoms. The summed E-state index contributed by atoms with van der Waals surface area (Å²) in [6, 6.07) is 7.17. The SMILES string of the molecule is CN1CC[C@@H](Nc2cccc3c(CC(F)(F)F)c(C#CCNc4ccc(P(C)(C)=O)c5c4OC(F)(F)C(=O)N5)sc23)[C@@H](F)C1. The number of carbonyl (C=O) groups excluding carboxylic acids is 1. The van der Waals surface area contributed by atoms with Gasteiger partial charge in [0.05, 0.1) is 45.6 Å². The Kier molecular flexibility index (Phi) is 8.61. The van der Waals surface area contributed by atoms with Crippen LogP contribution in [0.25, 0.3) is 10.1 Å². The van der Waals surface area contributed by atoms with Gasteiger partial charge in [-0.1, -0.05) is 24.0 Å². The predicted molar refractivity (Wildman–Crippen MR) is 161 cm³/mol. The molecule has 0 saturated carbocycles. The maximum absolute atomic E-state index is 14.7. The minimum atomic E-state index is -4.52. The van der Waals surface area contributed by atoms with Crippen molar-refractivity contribution in [2.24, 2.45) is 0 Å². The van der Waals surface area contributed by atoms with Gasteiger partial charge in [-0.2, -0.15) is 22.0 Å². The Morgan fingerprint density at radius 1 is 1.20 bits per heavy atom. The van der Waals surface area contributed by atoms with Crippen LogP contribution in [-0.2, 0) is 15.8 Å². The van der Waals surface area contributed by atoms with Crippen LogP contribution >= 0.6 is 18.5 Å². The monoisotopic (exact) mass is 658 g/mol. The number of thiophene rings is 1. The fourth-order valence-electron chi connectivity index (χ4n) is 5.19. The molecule has 7 nitrogen and oxygen atoms in total.